The maximum Gasteiger partial charge on any atom is 0.103 e. The zero-order valence-corrected chi connectivity index (χ0v) is 25.1. The van der Waals surface area contributed by atoms with E-state index in [-0.39, 0.29) is 11.0 Å². The van der Waals surface area contributed by atoms with Crippen molar-refractivity contribution in [1.82, 2.24) is 25.9 Å². The number of benzene rings is 2. The number of pyridine rings is 1. The van der Waals surface area contributed by atoms with Crippen molar-refractivity contribution in [2.45, 2.75) is 51.6 Å². The van der Waals surface area contributed by atoms with Crippen LogP contribution in [0.25, 0.3) is 10.9 Å². The highest BCUT2D eigenvalue weighted by Gasteiger charge is 2.45. The Bertz CT molecular complexity index is 1560. The molecule has 4 aliphatic rings. The van der Waals surface area contributed by atoms with Crippen LogP contribution in [0.5, 0.6) is 0 Å². The van der Waals surface area contributed by atoms with Crippen molar-refractivity contribution in [3.05, 3.63) is 75.7 Å². The van der Waals surface area contributed by atoms with E-state index in [0.29, 0.717) is 55.7 Å². The lowest BCUT2D eigenvalue weighted by Gasteiger charge is -2.52. The molecule has 7 rings (SSSR count). The van der Waals surface area contributed by atoms with Gasteiger partial charge in [0.15, 0.2) is 0 Å². The second-order valence-electron chi connectivity index (χ2n) is 12.4. The van der Waals surface area contributed by atoms with Crippen molar-refractivity contribution >= 4 is 45.5 Å². The van der Waals surface area contributed by atoms with Gasteiger partial charge in [-0.05, 0) is 54.5 Å². The molecule has 4 N–H and O–H groups in total. The fourth-order valence-corrected chi connectivity index (χ4v) is 6.28. The van der Waals surface area contributed by atoms with E-state index < -0.39 is 6.02 Å². The summed E-state index contributed by atoms with van der Waals surface area (Å²) in [6.45, 7) is 10.3. The van der Waals surface area contributed by atoms with Crippen LogP contribution in [0, 0.1) is 16.7 Å². The first-order valence-electron chi connectivity index (χ1n) is 14.6. The van der Waals surface area contributed by atoms with Crippen LogP contribution in [-0.4, -0.2) is 46.6 Å². The number of rotatable bonds is 7. The number of hydrazine groups is 2. The zero-order valence-electron chi connectivity index (χ0n) is 24.6. The summed E-state index contributed by atoms with van der Waals surface area (Å²) < 4.78 is 9.89. The van der Waals surface area contributed by atoms with E-state index in [1.807, 2.05) is 24.4 Å². The van der Waals surface area contributed by atoms with Crippen LogP contribution in [0.1, 0.15) is 58.5 Å². The van der Waals surface area contributed by atoms with Gasteiger partial charge in [0.25, 0.3) is 0 Å². The summed E-state index contributed by atoms with van der Waals surface area (Å²) in [6.07, 6.45) is 6.80. The topological polar surface area (TPSA) is 91.3 Å². The predicted octanol–water partition coefficient (Wildman–Crippen LogP) is 6.43. The van der Waals surface area contributed by atoms with Crippen LogP contribution < -0.4 is 21.6 Å². The summed E-state index contributed by atoms with van der Waals surface area (Å²) in [7, 11) is 0. The Kier molecular flexibility index (Phi) is 7.08. The van der Waals surface area contributed by atoms with Crippen molar-refractivity contribution in [1.29, 1.82) is 5.26 Å². The van der Waals surface area contributed by atoms with Gasteiger partial charge in [0.2, 0.25) is 0 Å². The molecule has 2 aromatic carbocycles. The van der Waals surface area contributed by atoms with Crippen molar-refractivity contribution in [2.75, 3.05) is 36.8 Å². The van der Waals surface area contributed by atoms with Crippen molar-refractivity contribution in [3.63, 3.8) is 0 Å². The van der Waals surface area contributed by atoms with Gasteiger partial charge >= 0.3 is 0 Å². The lowest BCUT2D eigenvalue weighted by molar-refractivity contribution is -0.0300. The summed E-state index contributed by atoms with van der Waals surface area (Å²) in [5.41, 5.74) is 10.4. The third-order valence-electron chi connectivity index (χ3n) is 8.27. The molecule has 1 aromatic heterocycles. The molecule has 214 valence electrons. The van der Waals surface area contributed by atoms with E-state index in [9.17, 15) is 6.63 Å². The molecule has 10 heteroatoms. The third kappa shape index (κ3) is 5.64. The van der Waals surface area contributed by atoms with E-state index in [1.54, 1.807) is 24.4 Å². The van der Waals surface area contributed by atoms with Gasteiger partial charge in [0.1, 0.15) is 6.07 Å². The van der Waals surface area contributed by atoms with Crippen LogP contribution in [0.3, 0.4) is 0 Å². The van der Waals surface area contributed by atoms with E-state index in [0.717, 1.165) is 38.9 Å². The minimum absolute atomic E-state index is 0.0131. The summed E-state index contributed by atoms with van der Waals surface area (Å²) in [5.74, 6) is 0. The number of nitrogens with zero attached hydrogens (tertiary/aromatic N) is 4. The molecule has 3 saturated heterocycles. The minimum Gasteiger partial charge on any atom is -0.383 e. The van der Waals surface area contributed by atoms with Gasteiger partial charge in [0, 0.05) is 54.7 Å². The fraction of sp³-hybridized carbons (Fsp3) is 0.419. The summed E-state index contributed by atoms with van der Waals surface area (Å²) in [5, 5.41) is 20.7. The number of nitrogens with one attached hydrogen (secondary N) is 4. The molecule has 0 amide bonds. The highest BCUT2D eigenvalue weighted by atomic mass is 35.5. The van der Waals surface area contributed by atoms with Crippen molar-refractivity contribution in [2.24, 2.45) is 5.41 Å². The Morgan fingerprint density at radius 2 is 1.85 bits per heavy atom. The molecule has 5 heterocycles. The van der Waals surface area contributed by atoms with Gasteiger partial charge in [-0.3, -0.25) is 9.99 Å². The molecule has 3 aromatic rings. The molecule has 0 spiro atoms. The van der Waals surface area contributed by atoms with Gasteiger partial charge in [-0.1, -0.05) is 56.1 Å². The van der Waals surface area contributed by atoms with Crippen LogP contribution in [-0.2, 0) is 0 Å². The Hall–Kier alpha value is -3.22. The van der Waals surface area contributed by atoms with Gasteiger partial charge < -0.3 is 21.0 Å². The normalized spacial score (nSPS) is 23.8. The van der Waals surface area contributed by atoms with E-state index >= 15 is 0 Å². The number of hydrogen-bond acceptors (Lipinski definition) is 8. The quantitative estimate of drug-likeness (QED) is 0.250. The predicted molar refractivity (Wildman–Crippen MR) is 166 cm³/mol. The molecule has 0 saturated carbocycles. The van der Waals surface area contributed by atoms with Gasteiger partial charge in [-0.25, -0.2) is 0 Å². The molecular weight excluding hydrogens is 555 g/mol. The summed E-state index contributed by atoms with van der Waals surface area (Å²) in [6, 6.07) is 11.8. The zero-order chi connectivity index (χ0) is 29.7. The first kappa shape index (κ1) is 26.7. The first-order valence-corrected chi connectivity index (χ1v) is 14.8. The van der Waals surface area contributed by atoms with E-state index in [4.69, 9.17) is 23.2 Å². The summed E-state index contributed by atoms with van der Waals surface area (Å²) >= 11 is 13.0. The van der Waals surface area contributed by atoms with Gasteiger partial charge in [0.05, 0.1) is 40.4 Å². The third-order valence-corrected chi connectivity index (χ3v) is 8.81. The monoisotopic (exact) mass is 591 g/mol. The number of anilines is 2. The largest absolute Gasteiger partial charge is 0.383 e. The lowest BCUT2D eigenvalue weighted by atomic mass is 9.79. The summed E-state index contributed by atoms with van der Waals surface area (Å²) in [4.78, 5) is 7.01. The van der Waals surface area contributed by atoms with Crippen LogP contribution in [0.2, 0.25) is 10.0 Å². The molecule has 4 aliphatic heterocycles. The van der Waals surface area contributed by atoms with Crippen molar-refractivity contribution in [3.8, 4) is 6.07 Å². The second kappa shape index (κ2) is 10.9. The van der Waals surface area contributed by atoms with Crippen LogP contribution >= 0.6 is 23.2 Å². The number of aromatic nitrogens is 1. The number of halogens is 2. The Morgan fingerprint density at radius 1 is 1.15 bits per heavy atom. The Morgan fingerprint density at radius 3 is 2.51 bits per heavy atom. The molecule has 3 fully saturated rings. The lowest BCUT2D eigenvalue weighted by Crippen LogP contribution is -2.62. The fourth-order valence-electron chi connectivity index (χ4n) is 5.88. The van der Waals surface area contributed by atoms with Crippen LogP contribution in [0.4, 0.5) is 11.4 Å². The van der Waals surface area contributed by atoms with Gasteiger partial charge in [-0.15, -0.1) is 5.53 Å². The smallest absolute Gasteiger partial charge is 0.103 e. The van der Waals surface area contributed by atoms with Crippen molar-refractivity contribution < 1.29 is 1.37 Å². The maximum absolute atomic E-state index is 9.89. The molecule has 2 bridgehead atoms. The van der Waals surface area contributed by atoms with Crippen LogP contribution in [0.15, 0.2) is 54.5 Å². The van der Waals surface area contributed by atoms with E-state index in [2.05, 4.69) is 63.3 Å². The van der Waals surface area contributed by atoms with Gasteiger partial charge in [-0.2, -0.15) is 5.26 Å². The highest BCUT2D eigenvalue weighted by molar-refractivity contribution is 6.36. The van der Waals surface area contributed by atoms with E-state index in [1.165, 1.54) is 0 Å². The molecular formula is C31H36Cl2N8. The average molecular weight is 593 g/mol. The highest BCUT2D eigenvalue weighted by Crippen LogP contribution is 2.40. The average Bonchev–Trinajstić information content (AvgIpc) is 3.49. The number of hydrogen-bond donors (Lipinski definition) is 4. The number of piperidine rings is 3. The molecule has 0 radical (unpaired) electrons. The molecule has 1 atom stereocenters. The molecule has 0 aliphatic carbocycles. The SMILES string of the molecule is [2H][C@](Nc1cc(Cl)c2ncc(C#N)c(NCC(C)(C)C)c2c1)(C1=CN(C23CCN(CC2)CC3)NN1)c1ccc(Cl)cc1. The standard InChI is InChI=1S/C31H36Cl2N8/c1-30(2,3)19-36-27-21(16-34)17-35-29-24(27)14-23(15-25(29)33)37-28(20-4-6-22(32)7-5-20)26-18-41(39-38-26)31-8-11-40(12-9-31)13-10-31/h4-7,14-15,17-18,28,37-39H,8-13,19H2,1-3H3,(H,35,36)/t28-/m1/s1/i28D. The Balaban J connectivity index is 1.42. The minimum atomic E-state index is -1.42. The Labute approximate surface area is 253 Å². The first-order chi connectivity index (χ1) is 20.0. The maximum atomic E-state index is 9.89. The second-order valence-corrected chi connectivity index (χ2v) is 13.2. The number of nitriles is 1. The molecule has 8 nitrogen and oxygen atoms in total. The molecule has 41 heavy (non-hydrogen) atoms. The number of fused-ring (bicyclic) bond motifs is 4. The molecule has 0 unspecified atom stereocenters.